The second-order valence-corrected chi connectivity index (χ2v) is 5.16. The normalized spacial score (nSPS) is 12.5. The Kier molecular flexibility index (Phi) is 7.34. The molecule has 108 valence electrons. The van der Waals surface area contributed by atoms with Crippen LogP contribution in [0.1, 0.15) is 34.1 Å². The molecule has 0 saturated heterocycles. The van der Waals surface area contributed by atoms with Crippen molar-refractivity contribution in [3.63, 3.8) is 0 Å². The molecule has 0 radical (unpaired) electrons. The monoisotopic (exact) mass is 265 g/mol. The van der Waals surface area contributed by atoms with Crippen LogP contribution in [0.15, 0.2) is 24.3 Å². The zero-order valence-corrected chi connectivity index (χ0v) is 12.6. The van der Waals surface area contributed by atoms with Gasteiger partial charge in [-0.05, 0) is 43.5 Å². The molecule has 0 aliphatic carbocycles. The maximum absolute atomic E-state index is 5.68. The Morgan fingerprint density at radius 3 is 1.95 bits per heavy atom. The Hall–Kier alpha value is -1.22. The smallest absolute Gasteiger partial charge is 0.119 e. The summed E-state index contributed by atoms with van der Waals surface area (Å²) < 4.78 is 11.2. The van der Waals surface area contributed by atoms with Gasteiger partial charge in [-0.1, -0.05) is 20.8 Å². The molecule has 0 saturated carbocycles. The molecule has 0 aliphatic rings. The molecular weight excluding hydrogens is 238 g/mol. The average molecular weight is 265 g/mol. The highest BCUT2D eigenvalue weighted by molar-refractivity contribution is 5.31. The van der Waals surface area contributed by atoms with E-state index >= 15 is 0 Å². The van der Waals surface area contributed by atoms with Crippen molar-refractivity contribution >= 4 is 0 Å². The summed E-state index contributed by atoms with van der Waals surface area (Å²) in [5, 5.41) is 3.44. The molecule has 0 amide bonds. The van der Waals surface area contributed by atoms with Gasteiger partial charge < -0.3 is 14.8 Å². The Morgan fingerprint density at radius 1 is 0.947 bits per heavy atom. The van der Waals surface area contributed by atoms with Gasteiger partial charge in [-0.2, -0.15) is 0 Å². The zero-order valence-electron chi connectivity index (χ0n) is 12.6. The first-order valence-electron chi connectivity index (χ1n) is 7.22. The standard InChI is InChI=1S/C16H27NO2/c1-5-11-18-15-6-8-16(9-7-15)19-12-10-17-14(4)13(2)3/h6-9,13-14,17H,5,10-12H2,1-4H3. The van der Waals surface area contributed by atoms with Crippen molar-refractivity contribution in [3.05, 3.63) is 24.3 Å². The maximum atomic E-state index is 5.68. The van der Waals surface area contributed by atoms with Crippen LogP contribution >= 0.6 is 0 Å². The fourth-order valence-electron chi connectivity index (χ4n) is 1.54. The van der Waals surface area contributed by atoms with Crippen LogP contribution < -0.4 is 14.8 Å². The van der Waals surface area contributed by atoms with E-state index < -0.39 is 0 Å². The van der Waals surface area contributed by atoms with E-state index in [0.29, 0.717) is 18.6 Å². The van der Waals surface area contributed by atoms with E-state index in [1.54, 1.807) is 0 Å². The Bertz CT molecular complexity index is 335. The predicted octanol–water partition coefficient (Wildman–Crippen LogP) is 3.49. The summed E-state index contributed by atoms with van der Waals surface area (Å²) in [4.78, 5) is 0. The van der Waals surface area contributed by atoms with Crippen molar-refractivity contribution < 1.29 is 9.47 Å². The molecule has 1 aromatic carbocycles. The molecule has 1 N–H and O–H groups in total. The maximum Gasteiger partial charge on any atom is 0.119 e. The molecule has 0 aromatic heterocycles. The SMILES string of the molecule is CCCOc1ccc(OCCNC(C)C(C)C)cc1. The molecule has 0 aliphatic heterocycles. The Balaban J connectivity index is 2.22. The van der Waals surface area contributed by atoms with Crippen LogP contribution in [0, 0.1) is 5.92 Å². The van der Waals surface area contributed by atoms with Crippen molar-refractivity contribution in [1.82, 2.24) is 5.32 Å². The summed E-state index contributed by atoms with van der Waals surface area (Å²) in [6.07, 6.45) is 1.03. The van der Waals surface area contributed by atoms with E-state index in [0.717, 1.165) is 31.1 Å². The van der Waals surface area contributed by atoms with Crippen molar-refractivity contribution in [2.45, 2.75) is 40.2 Å². The van der Waals surface area contributed by atoms with Gasteiger partial charge >= 0.3 is 0 Å². The van der Waals surface area contributed by atoms with Crippen LogP contribution in [0.2, 0.25) is 0 Å². The van der Waals surface area contributed by atoms with E-state index in [-0.39, 0.29) is 0 Å². The number of nitrogens with one attached hydrogen (secondary N) is 1. The highest BCUT2D eigenvalue weighted by Crippen LogP contribution is 2.17. The lowest BCUT2D eigenvalue weighted by atomic mass is 10.1. The van der Waals surface area contributed by atoms with Crippen LogP contribution in [-0.2, 0) is 0 Å². The van der Waals surface area contributed by atoms with Gasteiger partial charge in [-0.15, -0.1) is 0 Å². The van der Waals surface area contributed by atoms with Gasteiger partial charge in [0.2, 0.25) is 0 Å². The molecule has 3 nitrogen and oxygen atoms in total. The predicted molar refractivity (Wildman–Crippen MR) is 80.0 cm³/mol. The van der Waals surface area contributed by atoms with Crippen molar-refractivity contribution in [1.29, 1.82) is 0 Å². The highest BCUT2D eigenvalue weighted by Gasteiger charge is 2.05. The molecule has 0 heterocycles. The van der Waals surface area contributed by atoms with Crippen molar-refractivity contribution in [2.24, 2.45) is 5.92 Å². The minimum absolute atomic E-state index is 0.522. The first kappa shape index (κ1) is 15.8. The fraction of sp³-hybridized carbons (Fsp3) is 0.625. The van der Waals surface area contributed by atoms with Crippen LogP contribution in [0.25, 0.3) is 0 Å². The lowest BCUT2D eigenvalue weighted by molar-refractivity contribution is 0.294. The first-order valence-corrected chi connectivity index (χ1v) is 7.22. The zero-order chi connectivity index (χ0) is 14.1. The largest absolute Gasteiger partial charge is 0.494 e. The summed E-state index contributed by atoms with van der Waals surface area (Å²) in [5.41, 5.74) is 0. The Labute approximate surface area is 117 Å². The summed E-state index contributed by atoms with van der Waals surface area (Å²) in [7, 11) is 0. The molecule has 0 spiro atoms. The van der Waals surface area contributed by atoms with Gasteiger partial charge in [0.15, 0.2) is 0 Å². The number of rotatable bonds is 9. The summed E-state index contributed by atoms with van der Waals surface area (Å²) >= 11 is 0. The third-order valence-corrected chi connectivity index (χ3v) is 3.13. The van der Waals surface area contributed by atoms with Crippen LogP contribution in [-0.4, -0.2) is 25.8 Å². The lowest BCUT2D eigenvalue weighted by Gasteiger charge is -2.17. The molecule has 1 atom stereocenters. The molecule has 1 rings (SSSR count). The van der Waals surface area contributed by atoms with E-state index in [2.05, 4.69) is 33.0 Å². The van der Waals surface area contributed by atoms with E-state index in [1.807, 2.05) is 24.3 Å². The average Bonchev–Trinajstić information content (AvgIpc) is 2.42. The number of ether oxygens (including phenoxy) is 2. The van der Waals surface area contributed by atoms with E-state index in [1.165, 1.54) is 0 Å². The number of benzene rings is 1. The van der Waals surface area contributed by atoms with Gasteiger partial charge in [-0.25, -0.2) is 0 Å². The molecule has 0 fully saturated rings. The van der Waals surface area contributed by atoms with Gasteiger partial charge in [0.1, 0.15) is 18.1 Å². The quantitative estimate of drug-likeness (QED) is 0.693. The van der Waals surface area contributed by atoms with Gasteiger partial charge in [-0.3, -0.25) is 0 Å². The summed E-state index contributed by atoms with van der Waals surface area (Å²) in [5.74, 6) is 2.44. The second-order valence-electron chi connectivity index (χ2n) is 5.16. The molecule has 19 heavy (non-hydrogen) atoms. The summed E-state index contributed by atoms with van der Waals surface area (Å²) in [6.45, 7) is 11.0. The topological polar surface area (TPSA) is 30.5 Å². The van der Waals surface area contributed by atoms with Crippen LogP contribution in [0.4, 0.5) is 0 Å². The van der Waals surface area contributed by atoms with Crippen LogP contribution in [0.5, 0.6) is 11.5 Å². The molecule has 1 unspecified atom stereocenters. The lowest BCUT2D eigenvalue weighted by Crippen LogP contribution is -2.33. The molecule has 1 aromatic rings. The first-order chi connectivity index (χ1) is 9.13. The number of hydrogen-bond donors (Lipinski definition) is 1. The molecular formula is C16H27NO2. The van der Waals surface area contributed by atoms with Crippen LogP contribution in [0.3, 0.4) is 0 Å². The van der Waals surface area contributed by atoms with Crippen molar-refractivity contribution in [3.8, 4) is 11.5 Å². The summed E-state index contributed by atoms with van der Waals surface area (Å²) in [6, 6.07) is 8.34. The van der Waals surface area contributed by atoms with E-state index in [9.17, 15) is 0 Å². The minimum atomic E-state index is 0.522. The Morgan fingerprint density at radius 2 is 1.47 bits per heavy atom. The molecule has 3 heteroatoms. The third kappa shape index (κ3) is 6.48. The fourth-order valence-corrected chi connectivity index (χ4v) is 1.54. The molecule has 0 bridgehead atoms. The van der Waals surface area contributed by atoms with E-state index in [4.69, 9.17) is 9.47 Å². The minimum Gasteiger partial charge on any atom is -0.494 e. The highest BCUT2D eigenvalue weighted by atomic mass is 16.5. The number of hydrogen-bond acceptors (Lipinski definition) is 3. The van der Waals surface area contributed by atoms with Gasteiger partial charge in [0, 0.05) is 12.6 Å². The second kappa shape index (κ2) is 8.81. The van der Waals surface area contributed by atoms with Gasteiger partial charge in [0.05, 0.1) is 6.61 Å². The van der Waals surface area contributed by atoms with Gasteiger partial charge in [0.25, 0.3) is 0 Å². The van der Waals surface area contributed by atoms with Crippen molar-refractivity contribution in [2.75, 3.05) is 19.8 Å². The third-order valence-electron chi connectivity index (χ3n) is 3.13.